The molecule has 1 aliphatic heterocycles. The molecule has 1 atom stereocenters. The van der Waals surface area contributed by atoms with Gasteiger partial charge in [0.05, 0.1) is 18.4 Å². The summed E-state index contributed by atoms with van der Waals surface area (Å²) in [6.45, 7) is 7.03. The van der Waals surface area contributed by atoms with Crippen molar-refractivity contribution in [2.75, 3.05) is 18.4 Å². The molecule has 1 aliphatic rings. The second-order valence-electron chi connectivity index (χ2n) is 6.50. The number of furan rings is 1. The minimum Gasteiger partial charge on any atom is -0.467 e. The van der Waals surface area contributed by atoms with Crippen molar-refractivity contribution in [3.8, 4) is 0 Å². The highest BCUT2D eigenvalue weighted by molar-refractivity contribution is 5.52. The average molecular weight is 314 g/mol. The van der Waals surface area contributed by atoms with Gasteiger partial charge < -0.3 is 14.8 Å². The zero-order chi connectivity index (χ0) is 16.2. The zero-order valence-corrected chi connectivity index (χ0v) is 14.0. The van der Waals surface area contributed by atoms with E-state index in [0.29, 0.717) is 0 Å². The van der Waals surface area contributed by atoms with Crippen LogP contribution < -0.4 is 5.32 Å². The predicted octanol–water partition coefficient (Wildman–Crippen LogP) is 3.72. The standard InChI is InChI=1S/C19H26N2O2/c1-14-9-12-23-19(14)15(2)20-18-6-4-3-5-16(18)13-21-10-7-17(22)8-11-21/h3-6,9,12,15,17,20,22H,7-8,10-11,13H2,1-2H3. The molecule has 2 heterocycles. The van der Waals surface area contributed by atoms with Crippen molar-refractivity contribution in [1.82, 2.24) is 4.90 Å². The van der Waals surface area contributed by atoms with Gasteiger partial charge in [-0.05, 0) is 49.9 Å². The molecule has 0 spiro atoms. The molecular weight excluding hydrogens is 288 g/mol. The Labute approximate surface area is 138 Å². The van der Waals surface area contributed by atoms with E-state index in [1.54, 1.807) is 6.26 Å². The first-order valence-corrected chi connectivity index (χ1v) is 8.42. The smallest absolute Gasteiger partial charge is 0.128 e. The Kier molecular flexibility index (Phi) is 5.03. The van der Waals surface area contributed by atoms with Gasteiger partial charge in [0, 0.05) is 25.3 Å². The normalized spacial score (nSPS) is 18.0. The van der Waals surface area contributed by atoms with Crippen LogP contribution in [-0.4, -0.2) is 29.2 Å². The summed E-state index contributed by atoms with van der Waals surface area (Å²) >= 11 is 0. The first-order chi connectivity index (χ1) is 11.1. The Hall–Kier alpha value is -1.78. The zero-order valence-electron chi connectivity index (χ0n) is 14.0. The number of hydrogen-bond donors (Lipinski definition) is 2. The SMILES string of the molecule is Cc1ccoc1C(C)Nc1ccccc1CN1CCC(O)CC1. The molecule has 124 valence electrons. The minimum absolute atomic E-state index is 0.124. The van der Waals surface area contributed by atoms with Gasteiger partial charge in [-0.2, -0.15) is 0 Å². The fourth-order valence-electron chi connectivity index (χ4n) is 3.24. The van der Waals surface area contributed by atoms with E-state index in [1.807, 2.05) is 6.07 Å². The maximum atomic E-state index is 9.65. The van der Waals surface area contributed by atoms with Gasteiger partial charge in [0.2, 0.25) is 0 Å². The molecule has 1 aromatic heterocycles. The molecule has 1 saturated heterocycles. The molecule has 0 radical (unpaired) electrons. The molecule has 0 saturated carbocycles. The Bertz CT molecular complexity index is 630. The van der Waals surface area contributed by atoms with Gasteiger partial charge in [-0.1, -0.05) is 18.2 Å². The summed E-state index contributed by atoms with van der Waals surface area (Å²) in [4.78, 5) is 2.41. The van der Waals surface area contributed by atoms with Gasteiger partial charge in [0.25, 0.3) is 0 Å². The lowest BCUT2D eigenvalue weighted by Crippen LogP contribution is -2.35. The van der Waals surface area contributed by atoms with Crippen LogP contribution in [0.4, 0.5) is 5.69 Å². The molecule has 0 aliphatic carbocycles. The summed E-state index contributed by atoms with van der Waals surface area (Å²) in [5.41, 5.74) is 3.62. The first-order valence-electron chi connectivity index (χ1n) is 8.42. The molecule has 1 aromatic carbocycles. The molecule has 23 heavy (non-hydrogen) atoms. The lowest BCUT2D eigenvalue weighted by Gasteiger charge is -2.30. The van der Waals surface area contributed by atoms with Crippen LogP contribution in [0.25, 0.3) is 0 Å². The number of nitrogens with zero attached hydrogens (tertiary/aromatic N) is 1. The third-order valence-electron chi connectivity index (χ3n) is 4.64. The van der Waals surface area contributed by atoms with E-state index in [9.17, 15) is 5.11 Å². The van der Waals surface area contributed by atoms with Gasteiger partial charge in [-0.15, -0.1) is 0 Å². The summed E-state index contributed by atoms with van der Waals surface area (Å²) < 4.78 is 5.60. The van der Waals surface area contributed by atoms with E-state index >= 15 is 0 Å². The molecule has 0 amide bonds. The van der Waals surface area contributed by atoms with Crippen LogP contribution in [0.3, 0.4) is 0 Å². The van der Waals surface area contributed by atoms with Gasteiger partial charge >= 0.3 is 0 Å². The maximum absolute atomic E-state index is 9.65. The number of hydrogen-bond acceptors (Lipinski definition) is 4. The molecule has 2 N–H and O–H groups in total. The van der Waals surface area contributed by atoms with Crippen molar-refractivity contribution in [3.63, 3.8) is 0 Å². The van der Waals surface area contributed by atoms with Crippen molar-refractivity contribution in [1.29, 1.82) is 0 Å². The monoisotopic (exact) mass is 314 g/mol. The van der Waals surface area contributed by atoms with E-state index in [1.165, 1.54) is 11.1 Å². The fourth-order valence-corrected chi connectivity index (χ4v) is 3.24. The Morgan fingerprint density at radius 3 is 2.70 bits per heavy atom. The lowest BCUT2D eigenvalue weighted by molar-refractivity contribution is 0.0793. The largest absolute Gasteiger partial charge is 0.467 e. The third-order valence-corrected chi connectivity index (χ3v) is 4.64. The van der Waals surface area contributed by atoms with Gasteiger partial charge in [0.15, 0.2) is 0 Å². The van der Waals surface area contributed by atoms with Crippen molar-refractivity contribution in [3.05, 3.63) is 53.5 Å². The molecule has 4 nitrogen and oxygen atoms in total. The lowest BCUT2D eigenvalue weighted by atomic mass is 10.1. The van der Waals surface area contributed by atoms with Gasteiger partial charge in [0.1, 0.15) is 5.76 Å². The van der Waals surface area contributed by atoms with E-state index in [4.69, 9.17) is 4.42 Å². The summed E-state index contributed by atoms with van der Waals surface area (Å²) in [5.74, 6) is 0.987. The molecule has 0 bridgehead atoms. The average Bonchev–Trinajstić information content (AvgIpc) is 2.97. The number of rotatable bonds is 5. The summed E-state index contributed by atoms with van der Waals surface area (Å²) in [6.07, 6.45) is 3.37. The molecule has 2 aromatic rings. The van der Waals surface area contributed by atoms with Crippen LogP contribution >= 0.6 is 0 Å². The van der Waals surface area contributed by atoms with E-state index in [0.717, 1.165) is 43.9 Å². The number of benzene rings is 1. The third kappa shape index (κ3) is 3.95. The number of aryl methyl sites for hydroxylation is 1. The van der Waals surface area contributed by atoms with Crippen molar-refractivity contribution in [2.45, 2.75) is 45.4 Å². The summed E-state index contributed by atoms with van der Waals surface area (Å²) in [5, 5.41) is 13.2. The number of anilines is 1. The highest BCUT2D eigenvalue weighted by Gasteiger charge is 2.19. The number of likely N-dealkylation sites (tertiary alicyclic amines) is 1. The molecule has 1 unspecified atom stereocenters. The quantitative estimate of drug-likeness (QED) is 0.883. The number of piperidine rings is 1. The summed E-state index contributed by atoms with van der Waals surface area (Å²) in [7, 11) is 0. The summed E-state index contributed by atoms with van der Waals surface area (Å²) in [6, 6.07) is 10.6. The Morgan fingerprint density at radius 2 is 2.00 bits per heavy atom. The number of para-hydroxylation sites is 1. The van der Waals surface area contributed by atoms with Gasteiger partial charge in [-0.25, -0.2) is 0 Å². The molecule has 4 heteroatoms. The molecule has 3 rings (SSSR count). The highest BCUT2D eigenvalue weighted by atomic mass is 16.3. The van der Waals surface area contributed by atoms with Crippen LogP contribution in [0.5, 0.6) is 0 Å². The first kappa shape index (κ1) is 16.1. The molecular formula is C19H26N2O2. The molecule has 1 fully saturated rings. The van der Waals surface area contributed by atoms with Crippen LogP contribution in [0.15, 0.2) is 41.0 Å². The number of aliphatic hydroxyl groups excluding tert-OH is 1. The second kappa shape index (κ2) is 7.20. The fraction of sp³-hybridized carbons (Fsp3) is 0.474. The number of aliphatic hydroxyl groups is 1. The minimum atomic E-state index is -0.124. The van der Waals surface area contributed by atoms with Crippen molar-refractivity contribution < 1.29 is 9.52 Å². The van der Waals surface area contributed by atoms with Crippen LogP contribution in [0.2, 0.25) is 0 Å². The van der Waals surface area contributed by atoms with E-state index < -0.39 is 0 Å². The van der Waals surface area contributed by atoms with Crippen LogP contribution in [0, 0.1) is 6.92 Å². The predicted molar refractivity (Wildman–Crippen MR) is 92.4 cm³/mol. The highest BCUT2D eigenvalue weighted by Crippen LogP contribution is 2.26. The Balaban J connectivity index is 1.69. The topological polar surface area (TPSA) is 48.6 Å². The van der Waals surface area contributed by atoms with Gasteiger partial charge in [-0.3, -0.25) is 4.90 Å². The van der Waals surface area contributed by atoms with Crippen LogP contribution in [0.1, 0.15) is 42.7 Å². The Morgan fingerprint density at radius 1 is 1.26 bits per heavy atom. The van der Waals surface area contributed by atoms with Crippen molar-refractivity contribution >= 4 is 5.69 Å². The van der Waals surface area contributed by atoms with E-state index in [2.05, 4.69) is 48.3 Å². The van der Waals surface area contributed by atoms with Crippen LogP contribution in [-0.2, 0) is 6.54 Å². The van der Waals surface area contributed by atoms with E-state index in [-0.39, 0.29) is 12.1 Å². The number of nitrogens with one attached hydrogen (secondary N) is 1. The second-order valence-corrected chi connectivity index (χ2v) is 6.50. The van der Waals surface area contributed by atoms with Crippen molar-refractivity contribution in [2.24, 2.45) is 0 Å². The maximum Gasteiger partial charge on any atom is 0.128 e.